The van der Waals surface area contributed by atoms with Crippen molar-refractivity contribution in [3.05, 3.63) is 0 Å². The van der Waals surface area contributed by atoms with E-state index < -0.39 is 0 Å². The average molecular weight is 265 g/mol. The fourth-order valence-electron chi connectivity index (χ4n) is 2.36. The van der Waals surface area contributed by atoms with Crippen molar-refractivity contribution in [2.45, 2.75) is 96.8 Å². The summed E-state index contributed by atoms with van der Waals surface area (Å²) in [6.45, 7) is 2.26. The third-order valence-electron chi connectivity index (χ3n) is 3.63. The van der Waals surface area contributed by atoms with Crippen LogP contribution < -0.4 is 0 Å². The first kappa shape index (κ1) is 18.2. The van der Waals surface area contributed by atoms with E-state index in [0.29, 0.717) is 6.42 Å². The van der Waals surface area contributed by atoms with Crippen LogP contribution in [-0.4, -0.2) is 5.78 Å². The Bertz CT molecular complexity index is 242. The highest BCUT2D eigenvalue weighted by Gasteiger charge is 1.98. The maximum Gasteiger partial charge on any atom is 0.231 e. The number of carbonyl (C=O) groups is 1. The van der Waals surface area contributed by atoms with Gasteiger partial charge in [0.2, 0.25) is 5.78 Å². The van der Waals surface area contributed by atoms with E-state index in [1.807, 2.05) is 0 Å². The molecule has 19 heavy (non-hydrogen) atoms. The molecule has 0 fully saturated rings. The normalized spacial score (nSPS) is 10.3. The van der Waals surface area contributed by atoms with Crippen molar-refractivity contribution in [3.8, 4) is 6.07 Å². The molecule has 0 aromatic rings. The molecule has 0 bridgehead atoms. The van der Waals surface area contributed by atoms with Crippen molar-refractivity contribution in [2.24, 2.45) is 0 Å². The molecule has 0 heterocycles. The highest BCUT2D eigenvalue weighted by Crippen LogP contribution is 2.12. The summed E-state index contributed by atoms with van der Waals surface area (Å²) in [4.78, 5) is 10.8. The second kappa shape index (κ2) is 15.2. The Kier molecular flexibility index (Phi) is 14.5. The molecular weight excluding hydrogens is 234 g/mol. The predicted octanol–water partition coefficient (Wildman–Crippen LogP) is 5.56. The molecule has 0 saturated carbocycles. The van der Waals surface area contributed by atoms with Crippen molar-refractivity contribution in [1.29, 1.82) is 5.26 Å². The monoisotopic (exact) mass is 265 g/mol. The number of hydrogen-bond donors (Lipinski definition) is 0. The number of Topliss-reactive ketones (excluding diaryl/α,β-unsaturated/α-hetero) is 1. The highest BCUT2D eigenvalue weighted by atomic mass is 16.1. The number of rotatable bonds is 14. The Labute approximate surface area is 119 Å². The lowest BCUT2D eigenvalue weighted by atomic mass is 10.0. The first-order valence-electron chi connectivity index (χ1n) is 8.24. The van der Waals surface area contributed by atoms with Crippen molar-refractivity contribution in [1.82, 2.24) is 0 Å². The number of hydrogen-bond acceptors (Lipinski definition) is 2. The van der Waals surface area contributed by atoms with Gasteiger partial charge in [0.25, 0.3) is 0 Å². The van der Waals surface area contributed by atoms with Gasteiger partial charge in [-0.3, -0.25) is 4.79 Å². The summed E-state index contributed by atoms with van der Waals surface area (Å²) in [5.74, 6) is -0.261. The second-order valence-electron chi connectivity index (χ2n) is 5.53. The molecule has 0 atom stereocenters. The molecule has 0 aliphatic heterocycles. The fraction of sp³-hybridized carbons (Fsp3) is 0.882. The Balaban J connectivity index is 2.99. The van der Waals surface area contributed by atoms with Gasteiger partial charge >= 0.3 is 0 Å². The van der Waals surface area contributed by atoms with Gasteiger partial charge in [-0.05, 0) is 6.42 Å². The Hall–Kier alpha value is -0.840. The Morgan fingerprint density at radius 3 is 1.47 bits per heavy atom. The van der Waals surface area contributed by atoms with E-state index in [2.05, 4.69) is 6.92 Å². The summed E-state index contributed by atoms with van der Waals surface area (Å²) in [6, 6.07) is 1.67. The van der Waals surface area contributed by atoms with Crippen LogP contribution in [0.2, 0.25) is 0 Å². The molecule has 0 rings (SSSR count). The van der Waals surface area contributed by atoms with E-state index in [-0.39, 0.29) is 5.78 Å². The third kappa shape index (κ3) is 15.1. The summed E-state index contributed by atoms with van der Waals surface area (Å²) < 4.78 is 0. The summed E-state index contributed by atoms with van der Waals surface area (Å²) >= 11 is 0. The van der Waals surface area contributed by atoms with Gasteiger partial charge in [0, 0.05) is 6.42 Å². The van der Waals surface area contributed by atoms with Gasteiger partial charge in [0.1, 0.15) is 6.07 Å². The zero-order valence-electron chi connectivity index (χ0n) is 12.8. The fourth-order valence-corrected chi connectivity index (χ4v) is 2.36. The third-order valence-corrected chi connectivity index (χ3v) is 3.63. The topological polar surface area (TPSA) is 40.9 Å². The van der Waals surface area contributed by atoms with Crippen LogP contribution in [-0.2, 0) is 4.79 Å². The molecule has 0 radical (unpaired) electrons. The SMILES string of the molecule is CCCCCCCCCCCCCCCC(=O)C#N. The van der Waals surface area contributed by atoms with Crippen LogP contribution in [0.5, 0.6) is 0 Å². The van der Waals surface area contributed by atoms with Crippen LogP contribution in [0, 0.1) is 11.3 Å². The lowest BCUT2D eigenvalue weighted by Gasteiger charge is -2.02. The number of nitriles is 1. The van der Waals surface area contributed by atoms with Gasteiger partial charge in [-0.15, -0.1) is 0 Å². The van der Waals surface area contributed by atoms with Crippen molar-refractivity contribution >= 4 is 5.78 Å². The maximum absolute atomic E-state index is 10.8. The van der Waals surface area contributed by atoms with Crippen LogP contribution in [0.4, 0.5) is 0 Å². The number of nitrogens with zero attached hydrogens (tertiary/aromatic N) is 1. The van der Waals surface area contributed by atoms with E-state index >= 15 is 0 Å². The van der Waals surface area contributed by atoms with E-state index in [9.17, 15) is 4.79 Å². The van der Waals surface area contributed by atoms with Crippen molar-refractivity contribution in [3.63, 3.8) is 0 Å². The lowest BCUT2D eigenvalue weighted by Crippen LogP contribution is -1.92. The van der Waals surface area contributed by atoms with Crippen molar-refractivity contribution < 1.29 is 4.79 Å². The Morgan fingerprint density at radius 1 is 0.737 bits per heavy atom. The van der Waals surface area contributed by atoms with Gasteiger partial charge in [-0.25, -0.2) is 0 Å². The molecule has 2 nitrogen and oxygen atoms in total. The highest BCUT2D eigenvalue weighted by molar-refractivity contribution is 5.93. The molecular formula is C17H31NO. The number of ketones is 1. The molecule has 0 aromatic carbocycles. The number of carbonyl (C=O) groups excluding carboxylic acids is 1. The quantitative estimate of drug-likeness (QED) is 0.305. The zero-order valence-corrected chi connectivity index (χ0v) is 12.8. The molecule has 0 unspecified atom stereocenters. The smallest absolute Gasteiger partial charge is 0.231 e. The molecule has 0 N–H and O–H groups in total. The average Bonchev–Trinajstić information content (AvgIpc) is 2.43. The zero-order chi connectivity index (χ0) is 14.2. The molecule has 0 aromatic heterocycles. The van der Waals surface area contributed by atoms with Crippen LogP contribution in [0.25, 0.3) is 0 Å². The van der Waals surface area contributed by atoms with Gasteiger partial charge in [-0.2, -0.15) is 5.26 Å². The molecule has 0 spiro atoms. The summed E-state index contributed by atoms with van der Waals surface area (Å²) in [7, 11) is 0. The van der Waals surface area contributed by atoms with E-state index in [1.54, 1.807) is 6.07 Å². The van der Waals surface area contributed by atoms with Gasteiger partial charge < -0.3 is 0 Å². The van der Waals surface area contributed by atoms with Gasteiger partial charge in [0.05, 0.1) is 0 Å². The largest absolute Gasteiger partial charge is 0.283 e. The standard InChI is InChI=1S/C17H31NO/c1-2-3-4-5-6-7-8-9-10-11-12-13-14-15-17(19)16-18/h2-15H2,1H3. The van der Waals surface area contributed by atoms with Crippen LogP contribution in [0.15, 0.2) is 0 Å². The van der Waals surface area contributed by atoms with Gasteiger partial charge in [0.15, 0.2) is 0 Å². The van der Waals surface area contributed by atoms with Crippen LogP contribution in [0.3, 0.4) is 0 Å². The minimum Gasteiger partial charge on any atom is -0.283 e. The molecule has 0 amide bonds. The summed E-state index contributed by atoms with van der Waals surface area (Å²) in [5, 5.41) is 8.33. The van der Waals surface area contributed by atoms with Gasteiger partial charge in [-0.1, -0.05) is 84.0 Å². The molecule has 0 aliphatic rings. The summed E-state index contributed by atoms with van der Waals surface area (Å²) in [6.07, 6.45) is 17.4. The van der Waals surface area contributed by atoms with Crippen LogP contribution >= 0.6 is 0 Å². The number of unbranched alkanes of at least 4 members (excludes halogenated alkanes) is 12. The Morgan fingerprint density at radius 2 is 1.11 bits per heavy atom. The van der Waals surface area contributed by atoms with Crippen LogP contribution in [0.1, 0.15) is 96.8 Å². The first-order chi connectivity index (χ1) is 9.31. The van der Waals surface area contributed by atoms with Crippen molar-refractivity contribution in [2.75, 3.05) is 0 Å². The predicted molar refractivity (Wildman–Crippen MR) is 80.9 cm³/mol. The molecule has 2 heteroatoms. The molecule has 0 aliphatic carbocycles. The summed E-state index contributed by atoms with van der Waals surface area (Å²) in [5.41, 5.74) is 0. The lowest BCUT2D eigenvalue weighted by molar-refractivity contribution is -0.114. The first-order valence-corrected chi connectivity index (χ1v) is 8.24. The van der Waals surface area contributed by atoms with E-state index in [0.717, 1.165) is 12.8 Å². The van der Waals surface area contributed by atoms with E-state index in [4.69, 9.17) is 5.26 Å². The molecule has 110 valence electrons. The molecule has 0 saturated heterocycles. The minimum absolute atomic E-state index is 0.261. The second-order valence-corrected chi connectivity index (χ2v) is 5.53. The van der Waals surface area contributed by atoms with E-state index in [1.165, 1.54) is 70.6 Å². The maximum atomic E-state index is 10.8. The minimum atomic E-state index is -0.261.